The Kier molecular flexibility index (Phi) is 6.90. The van der Waals surface area contributed by atoms with E-state index in [0.717, 1.165) is 10.6 Å². The summed E-state index contributed by atoms with van der Waals surface area (Å²) in [5.74, 6) is 0.653. The Balaban J connectivity index is 2.27. The summed E-state index contributed by atoms with van der Waals surface area (Å²) in [6.45, 7) is 5.35. The van der Waals surface area contributed by atoms with Gasteiger partial charge < -0.3 is 14.8 Å². The zero-order valence-electron chi connectivity index (χ0n) is 16.7. The highest BCUT2D eigenvalue weighted by atomic mass is 32.2. The lowest BCUT2D eigenvalue weighted by Crippen LogP contribution is -2.45. The molecule has 0 aromatic heterocycles. The van der Waals surface area contributed by atoms with Gasteiger partial charge in [0.15, 0.2) is 0 Å². The minimum atomic E-state index is -3.71. The predicted octanol–water partition coefficient (Wildman–Crippen LogP) is 3.28. The van der Waals surface area contributed by atoms with E-state index in [4.69, 9.17) is 9.47 Å². The summed E-state index contributed by atoms with van der Waals surface area (Å²) in [5.41, 5.74) is 0.871. The van der Waals surface area contributed by atoms with Gasteiger partial charge in [0, 0.05) is 17.8 Å². The average Bonchev–Trinajstić information content (AvgIpc) is 2.60. The van der Waals surface area contributed by atoms with Gasteiger partial charge in [0.2, 0.25) is 15.9 Å². The van der Waals surface area contributed by atoms with Crippen LogP contribution in [-0.2, 0) is 14.8 Å². The van der Waals surface area contributed by atoms with Crippen LogP contribution in [0, 0.1) is 0 Å². The molecule has 0 bridgehead atoms. The standard InChI is InChI=1S/C20H26N2O5S/c1-14(2)27-19-11-6-8-16(12-19)21-20(23)15(3)22(28(5,24)25)17-9-7-10-18(13-17)26-4/h6-15H,1-5H3,(H,21,23)/t15-/m1/s1. The third-order valence-electron chi connectivity index (χ3n) is 3.87. The van der Waals surface area contributed by atoms with E-state index in [1.54, 1.807) is 48.5 Å². The highest BCUT2D eigenvalue weighted by molar-refractivity contribution is 7.92. The van der Waals surface area contributed by atoms with Gasteiger partial charge in [-0.05, 0) is 45.0 Å². The van der Waals surface area contributed by atoms with E-state index in [0.29, 0.717) is 22.9 Å². The molecule has 0 spiro atoms. The molecule has 152 valence electrons. The molecular formula is C20H26N2O5S. The molecule has 0 saturated carbocycles. The first-order valence-corrected chi connectivity index (χ1v) is 10.7. The van der Waals surface area contributed by atoms with Crippen molar-refractivity contribution in [1.29, 1.82) is 0 Å². The monoisotopic (exact) mass is 406 g/mol. The van der Waals surface area contributed by atoms with Gasteiger partial charge in [0.05, 0.1) is 25.2 Å². The van der Waals surface area contributed by atoms with E-state index in [2.05, 4.69) is 5.32 Å². The van der Waals surface area contributed by atoms with Gasteiger partial charge in [-0.3, -0.25) is 9.10 Å². The molecule has 0 saturated heterocycles. The Bertz CT molecular complexity index is 928. The first-order chi connectivity index (χ1) is 13.1. The van der Waals surface area contributed by atoms with Crippen LogP contribution < -0.4 is 19.1 Å². The van der Waals surface area contributed by atoms with Gasteiger partial charge in [-0.1, -0.05) is 12.1 Å². The molecule has 2 aromatic carbocycles. The maximum Gasteiger partial charge on any atom is 0.247 e. The average molecular weight is 407 g/mol. The summed E-state index contributed by atoms with van der Waals surface area (Å²) in [6, 6.07) is 12.5. The van der Waals surface area contributed by atoms with Gasteiger partial charge in [0.25, 0.3) is 0 Å². The number of nitrogens with zero attached hydrogens (tertiary/aromatic N) is 1. The SMILES string of the molecule is COc1cccc(N([C@H](C)C(=O)Nc2cccc(OC(C)C)c2)S(C)(=O)=O)c1. The molecule has 0 aliphatic rings. The quantitative estimate of drug-likeness (QED) is 0.727. The number of benzene rings is 2. The summed E-state index contributed by atoms with van der Waals surface area (Å²) in [5, 5.41) is 2.75. The number of hydrogen-bond acceptors (Lipinski definition) is 5. The van der Waals surface area contributed by atoms with E-state index in [9.17, 15) is 13.2 Å². The molecule has 7 nitrogen and oxygen atoms in total. The highest BCUT2D eigenvalue weighted by Crippen LogP contribution is 2.26. The molecule has 1 N–H and O–H groups in total. The topological polar surface area (TPSA) is 84.9 Å². The lowest BCUT2D eigenvalue weighted by atomic mass is 10.2. The fraction of sp³-hybridized carbons (Fsp3) is 0.350. The number of sulfonamides is 1. The Morgan fingerprint density at radius 3 is 2.29 bits per heavy atom. The summed E-state index contributed by atoms with van der Waals surface area (Å²) < 4.78 is 36.6. The molecule has 8 heteroatoms. The van der Waals surface area contributed by atoms with Crippen LogP contribution in [0.3, 0.4) is 0 Å². The fourth-order valence-corrected chi connectivity index (χ4v) is 3.89. The zero-order chi connectivity index (χ0) is 20.9. The van der Waals surface area contributed by atoms with E-state index in [1.807, 2.05) is 13.8 Å². The van der Waals surface area contributed by atoms with Crippen LogP contribution in [0.2, 0.25) is 0 Å². The summed E-state index contributed by atoms with van der Waals surface area (Å²) in [4.78, 5) is 12.8. The molecule has 0 aliphatic carbocycles. The second kappa shape index (κ2) is 8.97. The molecule has 0 unspecified atom stereocenters. The number of nitrogens with one attached hydrogen (secondary N) is 1. The molecule has 0 radical (unpaired) electrons. The predicted molar refractivity (Wildman–Crippen MR) is 111 cm³/mol. The van der Waals surface area contributed by atoms with Crippen LogP contribution in [0.25, 0.3) is 0 Å². The van der Waals surface area contributed by atoms with E-state index < -0.39 is 22.0 Å². The Hall–Kier alpha value is -2.74. The molecular weight excluding hydrogens is 380 g/mol. The lowest BCUT2D eigenvalue weighted by molar-refractivity contribution is -0.116. The van der Waals surface area contributed by atoms with Crippen LogP contribution in [-0.4, -0.2) is 39.8 Å². The van der Waals surface area contributed by atoms with Gasteiger partial charge in [0.1, 0.15) is 17.5 Å². The molecule has 1 amide bonds. The highest BCUT2D eigenvalue weighted by Gasteiger charge is 2.29. The summed E-state index contributed by atoms with van der Waals surface area (Å²) >= 11 is 0. The molecule has 0 aliphatic heterocycles. The zero-order valence-corrected chi connectivity index (χ0v) is 17.5. The fourth-order valence-electron chi connectivity index (χ4n) is 2.72. The minimum absolute atomic E-state index is 0.00124. The van der Waals surface area contributed by atoms with E-state index in [1.165, 1.54) is 14.0 Å². The van der Waals surface area contributed by atoms with Gasteiger partial charge in [-0.2, -0.15) is 0 Å². The number of amides is 1. The van der Waals surface area contributed by atoms with Crippen molar-refractivity contribution in [3.8, 4) is 11.5 Å². The first-order valence-electron chi connectivity index (χ1n) is 8.83. The molecule has 0 heterocycles. The third-order valence-corrected chi connectivity index (χ3v) is 5.11. The second-order valence-corrected chi connectivity index (χ2v) is 8.48. The van der Waals surface area contributed by atoms with Crippen molar-refractivity contribution in [2.45, 2.75) is 32.9 Å². The first kappa shape index (κ1) is 21.6. The van der Waals surface area contributed by atoms with Crippen molar-refractivity contribution in [3.63, 3.8) is 0 Å². The second-order valence-electron chi connectivity index (χ2n) is 6.62. The maximum absolute atomic E-state index is 12.8. The van der Waals surface area contributed by atoms with Gasteiger partial charge in [-0.15, -0.1) is 0 Å². The largest absolute Gasteiger partial charge is 0.497 e. The molecule has 2 aromatic rings. The van der Waals surface area contributed by atoms with Crippen molar-refractivity contribution < 1.29 is 22.7 Å². The number of carbonyl (C=O) groups excluding carboxylic acids is 1. The summed E-state index contributed by atoms with van der Waals surface area (Å²) in [7, 11) is -2.22. The number of hydrogen-bond donors (Lipinski definition) is 1. The maximum atomic E-state index is 12.8. The van der Waals surface area contributed by atoms with Crippen LogP contribution in [0.15, 0.2) is 48.5 Å². The molecule has 1 atom stereocenters. The van der Waals surface area contributed by atoms with Crippen molar-refractivity contribution in [1.82, 2.24) is 0 Å². The van der Waals surface area contributed by atoms with Crippen molar-refractivity contribution >= 4 is 27.3 Å². The van der Waals surface area contributed by atoms with Crippen molar-refractivity contribution in [2.24, 2.45) is 0 Å². The normalized spacial score (nSPS) is 12.4. The number of carbonyl (C=O) groups is 1. The Labute approximate surface area is 166 Å². The number of rotatable bonds is 8. The van der Waals surface area contributed by atoms with Gasteiger partial charge >= 0.3 is 0 Å². The molecule has 0 fully saturated rings. The number of anilines is 2. The van der Waals surface area contributed by atoms with E-state index >= 15 is 0 Å². The third kappa shape index (κ3) is 5.63. The number of ether oxygens (including phenoxy) is 2. The van der Waals surface area contributed by atoms with Gasteiger partial charge in [-0.25, -0.2) is 8.42 Å². The Morgan fingerprint density at radius 1 is 1.04 bits per heavy atom. The summed E-state index contributed by atoms with van der Waals surface area (Å²) in [6.07, 6.45) is 1.06. The smallest absolute Gasteiger partial charge is 0.247 e. The van der Waals surface area contributed by atoms with Crippen LogP contribution in [0.1, 0.15) is 20.8 Å². The van der Waals surface area contributed by atoms with Crippen LogP contribution in [0.5, 0.6) is 11.5 Å². The van der Waals surface area contributed by atoms with E-state index in [-0.39, 0.29) is 6.10 Å². The lowest BCUT2D eigenvalue weighted by Gasteiger charge is -2.28. The van der Waals surface area contributed by atoms with Crippen LogP contribution in [0.4, 0.5) is 11.4 Å². The van der Waals surface area contributed by atoms with Crippen molar-refractivity contribution in [3.05, 3.63) is 48.5 Å². The van der Waals surface area contributed by atoms with Crippen LogP contribution >= 0.6 is 0 Å². The molecule has 28 heavy (non-hydrogen) atoms. The number of methoxy groups -OCH3 is 1. The minimum Gasteiger partial charge on any atom is -0.497 e. The van der Waals surface area contributed by atoms with Crippen molar-refractivity contribution in [2.75, 3.05) is 23.0 Å². The molecule has 2 rings (SSSR count). The Morgan fingerprint density at radius 2 is 1.68 bits per heavy atom.